The van der Waals surface area contributed by atoms with Gasteiger partial charge in [0.1, 0.15) is 11.5 Å². The molecule has 0 bridgehead atoms. The number of hydrogen-bond acceptors (Lipinski definition) is 3. The van der Waals surface area contributed by atoms with Crippen LogP contribution in [-0.4, -0.2) is 20.4 Å². The van der Waals surface area contributed by atoms with E-state index >= 15 is 0 Å². The number of pyridine rings is 1. The summed E-state index contributed by atoms with van der Waals surface area (Å²) >= 11 is 0. The van der Waals surface area contributed by atoms with Crippen LogP contribution in [-0.2, 0) is 13.0 Å². The first-order chi connectivity index (χ1) is 15.5. The van der Waals surface area contributed by atoms with Crippen LogP contribution < -0.4 is 4.90 Å². The van der Waals surface area contributed by atoms with Gasteiger partial charge in [0, 0.05) is 24.0 Å². The lowest BCUT2D eigenvalue weighted by Gasteiger charge is -2.16. The molecule has 1 amide bonds. The highest BCUT2D eigenvalue weighted by molar-refractivity contribution is 6.10. The number of nitrogens with zero attached hydrogens (tertiary/aromatic N) is 4. The molecule has 0 saturated carbocycles. The Morgan fingerprint density at radius 1 is 1.00 bits per heavy atom. The van der Waals surface area contributed by atoms with Gasteiger partial charge in [-0.05, 0) is 60.7 Å². The maximum absolute atomic E-state index is 13.3. The number of amides is 1. The lowest BCUT2D eigenvalue weighted by Crippen LogP contribution is -2.24. The molecule has 0 aliphatic carbocycles. The number of aryl methyl sites for hydroxylation is 1. The Hall–Kier alpha value is -3.73. The number of carbonyl (C=O) groups is 1. The van der Waals surface area contributed by atoms with Gasteiger partial charge in [-0.15, -0.1) is 0 Å². The molecule has 160 valence electrons. The van der Waals surface area contributed by atoms with Gasteiger partial charge in [0.05, 0.1) is 6.54 Å². The smallest absolute Gasteiger partial charge is 0.260 e. The number of carbonyl (C=O) groups excluding carboxylic acids is 1. The summed E-state index contributed by atoms with van der Waals surface area (Å²) in [5.74, 6) is 1.45. The fraction of sp³-hybridized carbons (Fsp3) is 0.222. The van der Waals surface area contributed by atoms with Gasteiger partial charge < -0.3 is 4.57 Å². The highest BCUT2D eigenvalue weighted by Crippen LogP contribution is 2.32. The summed E-state index contributed by atoms with van der Waals surface area (Å²) in [6, 6.07) is 20.8. The molecule has 0 fully saturated rings. The van der Waals surface area contributed by atoms with Gasteiger partial charge in [-0.25, -0.2) is 9.97 Å². The average molecular weight is 423 g/mol. The molecule has 0 atom stereocenters. The molecule has 0 unspecified atom stereocenters. The van der Waals surface area contributed by atoms with Crippen molar-refractivity contribution in [1.29, 1.82) is 0 Å². The molecule has 1 aliphatic rings. The van der Waals surface area contributed by atoms with Crippen LogP contribution in [0.5, 0.6) is 0 Å². The third-order valence-corrected chi connectivity index (χ3v) is 6.07. The molecule has 1 aliphatic heterocycles. The van der Waals surface area contributed by atoms with Crippen molar-refractivity contribution in [2.45, 2.75) is 39.8 Å². The second-order valence-corrected chi connectivity index (χ2v) is 8.45. The summed E-state index contributed by atoms with van der Waals surface area (Å²) in [6.45, 7) is 6.90. The third-order valence-electron chi connectivity index (χ3n) is 6.07. The second kappa shape index (κ2) is 8.08. The molecule has 2 aromatic carbocycles. The van der Waals surface area contributed by atoms with Gasteiger partial charge in [-0.2, -0.15) is 0 Å². The molecule has 0 spiro atoms. The van der Waals surface area contributed by atoms with Crippen molar-refractivity contribution in [1.82, 2.24) is 14.5 Å². The van der Waals surface area contributed by atoms with E-state index in [0.29, 0.717) is 12.4 Å². The largest absolute Gasteiger partial charge is 0.327 e. The maximum atomic E-state index is 13.3. The topological polar surface area (TPSA) is 51.0 Å². The van der Waals surface area contributed by atoms with Crippen molar-refractivity contribution in [2.75, 3.05) is 4.90 Å². The number of hydrogen-bond donors (Lipinski definition) is 0. The second-order valence-electron chi connectivity index (χ2n) is 8.45. The first kappa shape index (κ1) is 20.2. The lowest BCUT2D eigenvalue weighted by atomic mass is 9.99. The van der Waals surface area contributed by atoms with Crippen LogP contribution in [0.3, 0.4) is 0 Å². The van der Waals surface area contributed by atoms with E-state index in [-0.39, 0.29) is 11.9 Å². The summed E-state index contributed by atoms with van der Waals surface area (Å²) in [4.78, 5) is 24.4. The van der Waals surface area contributed by atoms with Gasteiger partial charge >= 0.3 is 0 Å². The molecule has 4 aromatic rings. The molecule has 0 saturated heterocycles. The van der Waals surface area contributed by atoms with Crippen molar-refractivity contribution < 1.29 is 4.79 Å². The first-order valence-electron chi connectivity index (χ1n) is 11.1. The highest BCUT2D eigenvalue weighted by atomic mass is 16.2. The van der Waals surface area contributed by atoms with Crippen molar-refractivity contribution in [3.05, 3.63) is 89.7 Å². The zero-order valence-electron chi connectivity index (χ0n) is 18.6. The Morgan fingerprint density at radius 2 is 1.78 bits per heavy atom. The number of anilines is 1. The number of imidazole rings is 1. The number of fused-ring (bicyclic) bond motifs is 1. The van der Waals surface area contributed by atoms with Gasteiger partial charge in [-0.3, -0.25) is 9.69 Å². The Labute approximate surface area is 188 Å². The first-order valence-corrected chi connectivity index (χ1v) is 11.1. The molecule has 32 heavy (non-hydrogen) atoms. The predicted octanol–water partition coefficient (Wildman–Crippen LogP) is 5.92. The Kier molecular flexibility index (Phi) is 5.10. The van der Waals surface area contributed by atoms with Crippen molar-refractivity contribution >= 4 is 11.7 Å². The zero-order chi connectivity index (χ0) is 22.2. The fourth-order valence-corrected chi connectivity index (χ4v) is 4.22. The van der Waals surface area contributed by atoms with E-state index in [1.165, 1.54) is 5.56 Å². The Balaban J connectivity index is 1.45. The zero-order valence-corrected chi connectivity index (χ0v) is 18.6. The van der Waals surface area contributed by atoms with Crippen LogP contribution >= 0.6 is 0 Å². The SMILES string of the molecule is CCc1ccc(-c2ccc3c(c2)C(=O)N(c2cccc(-c4nccn4C(C)C)n2)C3)cc1. The number of rotatable bonds is 5. The minimum absolute atomic E-state index is 0.0103. The van der Waals surface area contributed by atoms with E-state index in [9.17, 15) is 4.79 Å². The van der Waals surface area contributed by atoms with Crippen LogP contribution in [0.15, 0.2) is 73.1 Å². The van der Waals surface area contributed by atoms with Crippen LogP contribution in [0.25, 0.3) is 22.6 Å². The van der Waals surface area contributed by atoms with E-state index in [1.54, 1.807) is 11.1 Å². The lowest BCUT2D eigenvalue weighted by molar-refractivity contribution is 0.0996. The number of aromatic nitrogens is 3. The monoisotopic (exact) mass is 422 g/mol. The van der Waals surface area contributed by atoms with Crippen LogP contribution in [0, 0.1) is 0 Å². The highest BCUT2D eigenvalue weighted by Gasteiger charge is 2.30. The standard InChI is InChI=1S/C27H26N4O/c1-4-19-8-10-20(11-9-19)21-12-13-22-17-31(27(32)23(22)16-21)25-7-5-6-24(29-25)26-28-14-15-30(26)18(2)3/h5-16,18H,4,17H2,1-3H3. The minimum Gasteiger partial charge on any atom is -0.327 e. The molecule has 2 aromatic heterocycles. The molecule has 5 nitrogen and oxygen atoms in total. The third kappa shape index (κ3) is 3.50. The summed E-state index contributed by atoms with van der Waals surface area (Å²) in [5.41, 5.74) is 6.03. The van der Waals surface area contributed by atoms with Crippen molar-refractivity contribution in [3.63, 3.8) is 0 Å². The van der Waals surface area contributed by atoms with Crippen molar-refractivity contribution in [3.8, 4) is 22.6 Å². The van der Waals surface area contributed by atoms with Gasteiger partial charge in [-0.1, -0.05) is 49.4 Å². The molecule has 3 heterocycles. The van der Waals surface area contributed by atoms with Gasteiger partial charge in [0.2, 0.25) is 0 Å². The van der Waals surface area contributed by atoms with E-state index in [1.807, 2.05) is 30.5 Å². The van der Waals surface area contributed by atoms with Crippen LogP contribution in [0.4, 0.5) is 5.82 Å². The van der Waals surface area contributed by atoms with Gasteiger partial charge in [0.25, 0.3) is 5.91 Å². The quantitative estimate of drug-likeness (QED) is 0.401. The van der Waals surface area contributed by atoms with Crippen molar-refractivity contribution in [2.24, 2.45) is 0 Å². The molecule has 5 heteroatoms. The molecule has 0 radical (unpaired) electrons. The Bertz CT molecular complexity index is 1290. The normalized spacial score (nSPS) is 13.1. The molecular formula is C27H26N4O. The van der Waals surface area contributed by atoms with E-state index in [2.05, 4.69) is 66.7 Å². The Morgan fingerprint density at radius 3 is 2.53 bits per heavy atom. The fourth-order valence-electron chi connectivity index (χ4n) is 4.22. The van der Waals surface area contributed by atoms with Crippen LogP contribution in [0.1, 0.15) is 48.3 Å². The minimum atomic E-state index is -0.0103. The predicted molar refractivity (Wildman–Crippen MR) is 128 cm³/mol. The number of benzene rings is 2. The van der Waals surface area contributed by atoms with E-state index in [4.69, 9.17) is 4.98 Å². The molecular weight excluding hydrogens is 396 g/mol. The van der Waals surface area contributed by atoms with Gasteiger partial charge in [0.15, 0.2) is 5.82 Å². The van der Waals surface area contributed by atoms with Crippen LogP contribution in [0.2, 0.25) is 0 Å². The average Bonchev–Trinajstić information content (AvgIpc) is 3.44. The summed E-state index contributed by atoms with van der Waals surface area (Å²) in [5, 5.41) is 0. The maximum Gasteiger partial charge on any atom is 0.260 e. The summed E-state index contributed by atoms with van der Waals surface area (Å²) in [7, 11) is 0. The van der Waals surface area contributed by atoms with E-state index < -0.39 is 0 Å². The van der Waals surface area contributed by atoms with E-state index in [0.717, 1.165) is 40.2 Å². The summed E-state index contributed by atoms with van der Waals surface area (Å²) < 4.78 is 2.09. The molecule has 0 N–H and O–H groups in total. The summed E-state index contributed by atoms with van der Waals surface area (Å²) in [6.07, 6.45) is 4.76. The molecule has 5 rings (SSSR count).